The zero-order valence-corrected chi connectivity index (χ0v) is 15.6. The van der Waals surface area contributed by atoms with E-state index in [1.54, 1.807) is 36.4 Å². The van der Waals surface area contributed by atoms with Crippen molar-refractivity contribution in [3.8, 4) is 5.69 Å². The van der Waals surface area contributed by atoms with Crippen LogP contribution < -0.4 is 5.56 Å². The van der Waals surface area contributed by atoms with Gasteiger partial charge in [0, 0.05) is 12.1 Å². The van der Waals surface area contributed by atoms with Crippen LogP contribution in [0.4, 0.5) is 5.69 Å². The molecule has 4 aromatic rings. The van der Waals surface area contributed by atoms with E-state index in [4.69, 9.17) is 0 Å². The van der Waals surface area contributed by atoms with Crippen LogP contribution in [0, 0.1) is 17.0 Å². The molecule has 4 rings (SSSR count). The minimum absolute atomic E-state index is 0.0348. The minimum Gasteiger partial charge on any atom is -0.268 e. The number of aromatic nitrogens is 2. The maximum Gasteiger partial charge on any atom is 0.269 e. The Morgan fingerprint density at radius 1 is 0.966 bits per heavy atom. The minimum atomic E-state index is -0.469. The van der Waals surface area contributed by atoms with Crippen LogP contribution >= 0.6 is 0 Å². The molecule has 0 atom stereocenters. The monoisotopic (exact) mass is 383 g/mol. The van der Waals surface area contributed by atoms with Gasteiger partial charge in [0.25, 0.3) is 11.2 Å². The van der Waals surface area contributed by atoms with Gasteiger partial charge in [0.15, 0.2) is 0 Å². The second-order valence-corrected chi connectivity index (χ2v) is 6.65. The van der Waals surface area contributed by atoms with Gasteiger partial charge in [0.2, 0.25) is 0 Å². The van der Waals surface area contributed by atoms with Crippen LogP contribution in [-0.2, 0) is 0 Å². The molecule has 0 radical (unpaired) electrons. The Morgan fingerprint density at radius 2 is 1.72 bits per heavy atom. The summed E-state index contributed by atoms with van der Waals surface area (Å²) >= 11 is 0. The Morgan fingerprint density at radius 3 is 2.45 bits per heavy atom. The Kier molecular flexibility index (Phi) is 4.75. The smallest absolute Gasteiger partial charge is 0.268 e. The number of non-ortho nitro benzene ring substituents is 1. The molecule has 29 heavy (non-hydrogen) atoms. The first-order chi connectivity index (χ1) is 14.0. The molecule has 0 aliphatic heterocycles. The van der Waals surface area contributed by atoms with Crippen LogP contribution in [0.1, 0.15) is 17.0 Å². The zero-order valence-electron chi connectivity index (χ0n) is 15.6. The van der Waals surface area contributed by atoms with Gasteiger partial charge < -0.3 is 0 Å². The van der Waals surface area contributed by atoms with Gasteiger partial charge >= 0.3 is 0 Å². The molecule has 142 valence electrons. The number of nitro groups is 1. The highest BCUT2D eigenvalue weighted by Gasteiger charge is 2.12. The zero-order chi connectivity index (χ0) is 20.4. The summed E-state index contributed by atoms with van der Waals surface area (Å²) in [5.74, 6) is 0.448. The Hall–Kier alpha value is -4.06. The van der Waals surface area contributed by atoms with Gasteiger partial charge in [-0.3, -0.25) is 19.5 Å². The van der Waals surface area contributed by atoms with Crippen molar-refractivity contribution in [2.75, 3.05) is 0 Å². The fourth-order valence-electron chi connectivity index (χ4n) is 3.18. The third-order valence-electron chi connectivity index (χ3n) is 4.59. The number of nitrogens with zero attached hydrogens (tertiary/aromatic N) is 3. The molecular formula is C23H17N3O3. The third-order valence-corrected chi connectivity index (χ3v) is 4.59. The van der Waals surface area contributed by atoms with Crippen LogP contribution in [-0.4, -0.2) is 14.5 Å². The molecule has 0 aliphatic carbocycles. The molecule has 0 amide bonds. The summed E-state index contributed by atoms with van der Waals surface area (Å²) < 4.78 is 1.47. The first kappa shape index (κ1) is 18.3. The standard InChI is InChI=1S/C23H17N3O3/c1-16-5-4-6-17(15-16)9-14-22-24-21-8-3-2-7-20(21)23(27)25(22)18-10-12-19(13-11-18)26(28)29/h2-15H,1H3. The average molecular weight is 383 g/mol. The van der Waals surface area contributed by atoms with E-state index in [0.29, 0.717) is 22.4 Å². The van der Waals surface area contributed by atoms with Gasteiger partial charge in [0.05, 0.1) is 21.5 Å². The maximum absolute atomic E-state index is 13.2. The molecule has 0 N–H and O–H groups in total. The number of hydrogen-bond acceptors (Lipinski definition) is 4. The second-order valence-electron chi connectivity index (χ2n) is 6.65. The van der Waals surface area contributed by atoms with Gasteiger partial charge in [-0.25, -0.2) is 4.98 Å². The molecule has 0 aliphatic rings. The largest absolute Gasteiger partial charge is 0.269 e. The van der Waals surface area contributed by atoms with Gasteiger partial charge in [-0.2, -0.15) is 0 Å². The SMILES string of the molecule is Cc1cccc(C=Cc2nc3ccccc3c(=O)n2-c2ccc([N+](=O)[O-])cc2)c1. The van der Waals surface area contributed by atoms with Crippen LogP contribution in [0.25, 0.3) is 28.7 Å². The van der Waals surface area contributed by atoms with Crippen molar-refractivity contribution in [1.82, 2.24) is 9.55 Å². The summed E-state index contributed by atoms with van der Waals surface area (Å²) in [6, 6.07) is 21.0. The lowest BCUT2D eigenvalue weighted by atomic mass is 10.1. The highest BCUT2D eigenvalue weighted by atomic mass is 16.6. The van der Waals surface area contributed by atoms with Crippen molar-refractivity contribution in [2.45, 2.75) is 6.92 Å². The average Bonchev–Trinajstić information content (AvgIpc) is 2.72. The third kappa shape index (κ3) is 3.68. The topological polar surface area (TPSA) is 78.0 Å². The molecule has 0 saturated carbocycles. The number of rotatable bonds is 4. The van der Waals surface area contributed by atoms with Crippen molar-refractivity contribution in [3.63, 3.8) is 0 Å². The molecular weight excluding hydrogens is 366 g/mol. The summed E-state index contributed by atoms with van der Waals surface area (Å²) in [5, 5.41) is 11.4. The van der Waals surface area contributed by atoms with Crippen molar-refractivity contribution < 1.29 is 4.92 Å². The van der Waals surface area contributed by atoms with E-state index < -0.39 is 4.92 Å². The number of aryl methyl sites for hydroxylation is 1. The fraction of sp³-hybridized carbons (Fsp3) is 0.0435. The summed E-state index contributed by atoms with van der Waals surface area (Å²) in [4.78, 5) is 28.3. The highest BCUT2D eigenvalue weighted by Crippen LogP contribution is 2.18. The van der Waals surface area contributed by atoms with Crippen LogP contribution in [0.3, 0.4) is 0 Å². The number of nitro benzene ring substituents is 1. The van der Waals surface area contributed by atoms with Gasteiger partial charge in [0.1, 0.15) is 5.82 Å². The second kappa shape index (κ2) is 7.52. The highest BCUT2D eigenvalue weighted by molar-refractivity contribution is 5.80. The van der Waals surface area contributed by atoms with E-state index in [9.17, 15) is 14.9 Å². The predicted molar refractivity (Wildman–Crippen MR) is 114 cm³/mol. The van der Waals surface area contributed by atoms with Crippen LogP contribution in [0.5, 0.6) is 0 Å². The van der Waals surface area contributed by atoms with Gasteiger partial charge in [-0.1, -0.05) is 48.0 Å². The molecule has 1 heterocycles. The molecule has 0 spiro atoms. The summed E-state index contributed by atoms with van der Waals surface area (Å²) in [7, 11) is 0. The Labute approximate surface area is 166 Å². The van der Waals surface area contributed by atoms with Gasteiger partial charge in [-0.05, 0) is 42.8 Å². The van der Waals surface area contributed by atoms with Crippen LogP contribution in [0.15, 0.2) is 77.6 Å². The molecule has 0 saturated heterocycles. The summed E-state index contributed by atoms with van der Waals surface area (Å²) in [6.07, 6.45) is 3.68. The fourth-order valence-corrected chi connectivity index (χ4v) is 3.18. The Balaban J connectivity index is 1.91. The summed E-state index contributed by atoms with van der Waals surface area (Å²) in [5.41, 5.74) is 2.97. The normalized spacial score (nSPS) is 11.2. The molecule has 0 bridgehead atoms. The van der Waals surface area contributed by atoms with Gasteiger partial charge in [-0.15, -0.1) is 0 Å². The lowest BCUT2D eigenvalue weighted by molar-refractivity contribution is -0.384. The van der Waals surface area contributed by atoms with Crippen molar-refractivity contribution in [2.24, 2.45) is 0 Å². The molecule has 6 heteroatoms. The van der Waals surface area contributed by atoms with Crippen molar-refractivity contribution in [1.29, 1.82) is 0 Å². The molecule has 0 unspecified atom stereocenters. The van der Waals surface area contributed by atoms with Crippen molar-refractivity contribution in [3.05, 3.63) is 110 Å². The first-order valence-electron chi connectivity index (χ1n) is 9.04. The Bertz CT molecular complexity index is 1310. The molecule has 0 fully saturated rings. The van der Waals surface area contributed by atoms with E-state index in [-0.39, 0.29) is 11.2 Å². The first-order valence-corrected chi connectivity index (χ1v) is 9.04. The van der Waals surface area contributed by atoms with E-state index in [1.165, 1.54) is 16.7 Å². The van der Waals surface area contributed by atoms with E-state index >= 15 is 0 Å². The molecule has 1 aromatic heterocycles. The number of hydrogen-bond donors (Lipinski definition) is 0. The molecule has 3 aromatic carbocycles. The quantitative estimate of drug-likeness (QED) is 0.375. The van der Waals surface area contributed by atoms with Crippen molar-refractivity contribution >= 4 is 28.7 Å². The lowest BCUT2D eigenvalue weighted by Crippen LogP contribution is -2.22. The van der Waals surface area contributed by atoms with E-state index in [0.717, 1.165) is 11.1 Å². The predicted octanol–water partition coefficient (Wildman–Crippen LogP) is 4.77. The maximum atomic E-state index is 13.2. The van der Waals surface area contributed by atoms with Crippen LogP contribution in [0.2, 0.25) is 0 Å². The number of benzene rings is 3. The lowest BCUT2D eigenvalue weighted by Gasteiger charge is -2.11. The molecule has 6 nitrogen and oxygen atoms in total. The van der Waals surface area contributed by atoms with E-state index in [2.05, 4.69) is 4.98 Å². The number of fused-ring (bicyclic) bond motifs is 1. The van der Waals surface area contributed by atoms with E-state index in [1.807, 2.05) is 43.3 Å². The summed E-state index contributed by atoms with van der Waals surface area (Å²) in [6.45, 7) is 2.01. The number of para-hydroxylation sites is 1.